The Bertz CT molecular complexity index is 293. The summed E-state index contributed by atoms with van der Waals surface area (Å²) in [5.41, 5.74) is 0.860. The summed E-state index contributed by atoms with van der Waals surface area (Å²) in [4.78, 5) is 0. The highest BCUT2D eigenvalue weighted by atomic mass is 16.5. The molecule has 0 aliphatic carbocycles. The van der Waals surface area contributed by atoms with E-state index in [1.54, 1.807) is 0 Å². The van der Waals surface area contributed by atoms with Crippen LogP contribution in [0.4, 0.5) is 0 Å². The summed E-state index contributed by atoms with van der Waals surface area (Å²) < 4.78 is 5.53. The highest BCUT2D eigenvalue weighted by Crippen LogP contribution is 2.11. The van der Waals surface area contributed by atoms with E-state index in [2.05, 4.69) is 12.1 Å². The molecule has 0 saturated heterocycles. The molecule has 3 nitrogen and oxygen atoms in total. The molecule has 0 aliphatic heterocycles. The molecule has 0 aromatic heterocycles. The second kappa shape index (κ2) is 6.87. The lowest BCUT2D eigenvalue weighted by molar-refractivity contribution is 0.306. The summed E-state index contributed by atoms with van der Waals surface area (Å²) in [6.07, 6.45) is 4.89. The monoisotopic (exact) mass is 207 g/mol. The van der Waals surface area contributed by atoms with E-state index in [1.807, 2.05) is 24.3 Å². The Morgan fingerprint density at radius 2 is 2.00 bits per heavy atom. The van der Waals surface area contributed by atoms with Gasteiger partial charge in [0.1, 0.15) is 5.75 Å². The minimum Gasteiger partial charge on any atom is -0.494 e. The molecule has 0 spiro atoms. The van der Waals surface area contributed by atoms with Gasteiger partial charge in [-0.1, -0.05) is 24.9 Å². The van der Waals surface area contributed by atoms with E-state index in [9.17, 15) is 0 Å². The number of benzene rings is 1. The average molecular weight is 207 g/mol. The van der Waals surface area contributed by atoms with Crippen molar-refractivity contribution in [3.05, 3.63) is 29.8 Å². The van der Waals surface area contributed by atoms with Crippen molar-refractivity contribution >= 4 is 6.21 Å². The molecule has 0 radical (unpaired) electrons. The van der Waals surface area contributed by atoms with Crippen LogP contribution in [0.2, 0.25) is 0 Å². The van der Waals surface area contributed by atoms with Gasteiger partial charge < -0.3 is 9.94 Å². The van der Waals surface area contributed by atoms with Crippen molar-refractivity contribution in [2.24, 2.45) is 5.16 Å². The largest absolute Gasteiger partial charge is 0.494 e. The summed E-state index contributed by atoms with van der Waals surface area (Å²) in [5.74, 6) is 0.862. The average Bonchev–Trinajstić information content (AvgIpc) is 2.27. The van der Waals surface area contributed by atoms with Crippen LogP contribution in [0.15, 0.2) is 29.4 Å². The van der Waals surface area contributed by atoms with E-state index >= 15 is 0 Å². The van der Waals surface area contributed by atoms with Gasteiger partial charge in [-0.2, -0.15) is 0 Å². The highest BCUT2D eigenvalue weighted by molar-refractivity contribution is 5.79. The molecule has 1 N–H and O–H groups in total. The van der Waals surface area contributed by atoms with Gasteiger partial charge in [-0.25, -0.2) is 0 Å². The summed E-state index contributed by atoms with van der Waals surface area (Å²) in [6.45, 7) is 2.93. The van der Waals surface area contributed by atoms with Crippen molar-refractivity contribution in [1.29, 1.82) is 0 Å². The SMILES string of the molecule is CCCCCOc1ccc(/C=N\O)cc1. The molecule has 0 aliphatic rings. The van der Waals surface area contributed by atoms with Crippen LogP contribution in [-0.4, -0.2) is 18.0 Å². The quantitative estimate of drug-likeness (QED) is 0.337. The Morgan fingerprint density at radius 1 is 1.27 bits per heavy atom. The number of oxime groups is 1. The molecule has 0 saturated carbocycles. The Kier molecular flexibility index (Phi) is 5.30. The molecule has 0 fully saturated rings. The second-order valence-corrected chi connectivity index (χ2v) is 3.37. The van der Waals surface area contributed by atoms with E-state index in [4.69, 9.17) is 9.94 Å². The lowest BCUT2D eigenvalue weighted by atomic mass is 10.2. The maximum atomic E-state index is 8.33. The smallest absolute Gasteiger partial charge is 0.119 e. The lowest BCUT2D eigenvalue weighted by Gasteiger charge is -2.05. The number of ether oxygens (including phenoxy) is 1. The first-order valence-electron chi connectivity index (χ1n) is 5.27. The van der Waals surface area contributed by atoms with Crippen molar-refractivity contribution in [3.8, 4) is 5.75 Å². The van der Waals surface area contributed by atoms with Crippen molar-refractivity contribution in [2.75, 3.05) is 6.61 Å². The molecule has 0 atom stereocenters. The topological polar surface area (TPSA) is 41.8 Å². The Morgan fingerprint density at radius 3 is 2.60 bits per heavy atom. The van der Waals surface area contributed by atoms with Crippen molar-refractivity contribution in [1.82, 2.24) is 0 Å². The predicted molar refractivity (Wildman–Crippen MR) is 60.8 cm³/mol. The van der Waals surface area contributed by atoms with Gasteiger partial charge in [-0.05, 0) is 36.2 Å². The molecule has 1 aromatic carbocycles. The first-order valence-corrected chi connectivity index (χ1v) is 5.27. The first kappa shape index (κ1) is 11.6. The van der Waals surface area contributed by atoms with Crippen LogP contribution in [0.3, 0.4) is 0 Å². The minimum atomic E-state index is 0.765. The third kappa shape index (κ3) is 4.49. The molecule has 1 rings (SSSR count). The van der Waals surface area contributed by atoms with Crippen LogP contribution in [0.25, 0.3) is 0 Å². The Hall–Kier alpha value is -1.51. The molecular formula is C12H17NO2. The molecule has 3 heteroatoms. The third-order valence-corrected chi connectivity index (χ3v) is 2.10. The number of rotatable bonds is 6. The fraction of sp³-hybridized carbons (Fsp3) is 0.417. The van der Waals surface area contributed by atoms with Crippen LogP contribution in [0.1, 0.15) is 31.7 Å². The number of unbranched alkanes of at least 4 members (excludes halogenated alkanes) is 2. The maximum Gasteiger partial charge on any atom is 0.119 e. The van der Waals surface area contributed by atoms with Crippen LogP contribution < -0.4 is 4.74 Å². The van der Waals surface area contributed by atoms with Gasteiger partial charge in [-0.15, -0.1) is 0 Å². The number of hydrogen-bond acceptors (Lipinski definition) is 3. The van der Waals surface area contributed by atoms with Crippen LogP contribution in [-0.2, 0) is 0 Å². The van der Waals surface area contributed by atoms with Crippen molar-refractivity contribution in [3.63, 3.8) is 0 Å². The predicted octanol–water partition coefficient (Wildman–Crippen LogP) is 3.06. The molecule has 0 amide bonds. The zero-order valence-electron chi connectivity index (χ0n) is 9.02. The van der Waals surface area contributed by atoms with Crippen molar-refractivity contribution in [2.45, 2.75) is 26.2 Å². The maximum absolute atomic E-state index is 8.33. The van der Waals surface area contributed by atoms with Crippen LogP contribution in [0.5, 0.6) is 5.75 Å². The van der Waals surface area contributed by atoms with E-state index < -0.39 is 0 Å². The number of hydrogen-bond donors (Lipinski definition) is 1. The standard InChI is InChI=1S/C12H17NO2/c1-2-3-4-9-15-12-7-5-11(6-8-12)10-13-14/h5-8,10,14H,2-4,9H2,1H3/b13-10-. The van der Waals surface area contributed by atoms with Gasteiger partial charge in [0.05, 0.1) is 12.8 Å². The molecule has 15 heavy (non-hydrogen) atoms. The van der Waals surface area contributed by atoms with Gasteiger partial charge in [0.2, 0.25) is 0 Å². The zero-order chi connectivity index (χ0) is 10.9. The summed E-state index contributed by atoms with van der Waals surface area (Å²) in [6, 6.07) is 7.47. The summed E-state index contributed by atoms with van der Waals surface area (Å²) >= 11 is 0. The van der Waals surface area contributed by atoms with Crippen LogP contribution >= 0.6 is 0 Å². The fourth-order valence-corrected chi connectivity index (χ4v) is 1.26. The fourth-order valence-electron chi connectivity index (χ4n) is 1.26. The second-order valence-electron chi connectivity index (χ2n) is 3.37. The molecule has 0 heterocycles. The third-order valence-electron chi connectivity index (χ3n) is 2.10. The normalized spacial score (nSPS) is 10.7. The molecule has 0 bridgehead atoms. The van der Waals surface area contributed by atoms with Gasteiger partial charge >= 0.3 is 0 Å². The molecular weight excluding hydrogens is 190 g/mol. The van der Waals surface area contributed by atoms with Crippen molar-refractivity contribution < 1.29 is 9.94 Å². The molecule has 82 valence electrons. The zero-order valence-corrected chi connectivity index (χ0v) is 9.02. The lowest BCUT2D eigenvalue weighted by Crippen LogP contribution is -1.96. The van der Waals surface area contributed by atoms with E-state index in [-0.39, 0.29) is 0 Å². The van der Waals surface area contributed by atoms with E-state index in [0.717, 1.165) is 24.3 Å². The van der Waals surface area contributed by atoms with Gasteiger partial charge in [0, 0.05) is 0 Å². The molecule has 0 unspecified atom stereocenters. The minimum absolute atomic E-state index is 0.765. The Balaban J connectivity index is 2.36. The Labute approximate surface area is 90.4 Å². The van der Waals surface area contributed by atoms with Crippen LogP contribution in [0, 0.1) is 0 Å². The van der Waals surface area contributed by atoms with Gasteiger partial charge in [0.25, 0.3) is 0 Å². The van der Waals surface area contributed by atoms with Gasteiger partial charge in [0.15, 0.2) is 0 Å². The number of nitrogens with zero attached hydrogens (tertiary/aromatic N) is 1. The van der Waals surface area contributed by atoms with Gasteiger partial charge in [-0.3, -0.25) is 0 Å². The van der Waals surface area contributed by atoms with E-state index in [0.29, 0.717) is 0 Å². The first-order chi connectivity index (χ1) is 7.36. The summed E-state index contributed by atoms with van der Waals surface area (Å²) in [5, 5.41) is 11.3. The summed E-state index contributed by atoms with van der Waals surface area (Å²) in [7, 11) is 0. The highest BCUT2D eigenvalue weighted by Gasteiger charge is 1.93. The van der Waals surface area contributed by atoms with E-state index in [1.165, 1.54) is 19.1 Å². The molecule has 1 aromatic rings.